The topological polar surface area (TPSA) is 73.2 Å². The van der Waals surface area contributed by atoms with Gasteiger partial charge in [-0.3, -0.25) is 14.2 Å². The molecule has 1 N–H and O–H groups in total. The normalized spacial score (nSPS) is 10.9. The molecule has 4 aromatic rings. The number of benzene rings is 3. The molecule has 0 fully saturated rings. The molecular weight excluding hydrogens is 470 g/mol. The Morgan fingerprint density at radius 2 is 1.85 bits per heavy atom. The standard InChI is InChI=1S/C26H24ClN3O3S/c1-4-33-19-11-9-18(10-12-19)30-25(32)20-7-5-6-8-22(20)28-26(30)34-15-23(31)29-24-17(3)13-16(2)14-21(24)27/h5-14H,4,15H2,1-3H3,(H,29,31). The first-order valence-electron chi connectivity index (χ1n) is 10.8. The van der Waals surface area contributed by atoms with E-state index in [1.807, 2.05) is 69.3 Å². The van der Waals surface area contributed by atoms with E-state index in [1.165, 1.54) is 16.3 Å². The summed E-state index contributed by atoms with van der Waals surface area (Å²) in [5.74, 6) is 0.539. The summed E-state index contributed by atoms with van der Waals surface area (Å²) in [6.07, 6.45) is 0. The van der Waals surface area contributed by atoms with Crippen LogP contribution in [-0.4, -0.2) is 27.8 Å². The molecule has 0 radical (unpaired) electrons. The fourth-order valence-electron chi connectivity index (χ4n) is 3.67. The molecule has 3 aromatic carbocycles. The van der Waals surface area contributed by atoms with Crippen LogP contribution in [0.15, 0.2) is 70.6 Å². The minimum absolute atomic E-state index is 0.0610. The van der Waals surface area contributed by atoms with E-state index in [0.29, 0.717) is 44.8 Å². The van der Waals surface area contributed by atoms with Crippen LogP contribution < -0.4 is 15.6 Å². The van der Waals surface area contributed by atoms with Crippen LogP contribution in [0.5, 0.6) is 5.75 Å². The number of rotatable bonds is 7. The number of carbonyl (C=O) groups excluding carboxylic acids is 1. The molecule has 1 heterocycles. The Morgan fingerprint density at radius 3 is 2.56 bits per heavy atom. The number of para-hydroxylation sites is 1. The third-order valence-electron chi connectivity index (χ3n) is 5.18. The van der Waals surface area contributed by atoms with Crippen molar-refractivity contribution in [3.05, 3.63) is 87.2 Å². The van der Waals surface area contributed by atoms with Crippen LogP contribution in [0.1, 0.15) is 18.1 Å². The van der Waals surface area contributed by atoms with Gasteiger partial charge in [0, 0.05) is 0 Å². The Balaban J connectivity index is 1.66. The van der Waals surface area contributed by atoms with Crippen molar-refractivity contribution in [1.82, 2.24) is 9.55 Å². The average molecular weight is 494 g/mol. The molecule has 0 bridgehead atoms. The van der Waals surface area contributed by atoms with E-state index < -0.39 is 0 Å². The van der Waals surface area contributed by atoms with Crippen molar-refractivity contribution in [3.8, 4) is 11.4 Å². The zero-order valence-electron chi connectivity index (χ0n) is 19.1. The van der Waals surface area contributed by atoms with E-state index >= 15 is 0 Å². The van der Waals surface area contributed by atoms with Crippen molar-refractivity contribution >= 4 is 45.9 Å². The number of carbonyl (C=O) groups is 1. The Morgan fingerprint density at radius 1 is 1.12 bits per heavy atom. The van der Waals surface area contributed by atoms with Crippen molar-refractivity contribution in [1.29, 1.82) is 0 Å². The molecule has 0 aliphatic carbocycles. The maximum absolute atomic E-state index is 13.4. The Hall–Kier alpha value is -3.29. The third-order valence-corrected chi connectivity index (χ3v) is 6.42. The minimum atomic E-state index is -0.237. The van der Waals surface area contributed by atoms with Crippen LogP contribution in [0.4, 0.5) is 5.69 Å². The second-order valence-electron chi connectivity index (χ2n) is 7.75. The number of anilines is 1. The first-order valence-corrected chi connectivity index (χ1v) is 12.2. The highest BCUT2D eigenvalue weighted by Crippen LogP contribution is 2.28. The second kappa shape index (κ2) is 10.3. The van der Waals surface area contributed by atoms with E-state index in [4.69, 9.17) is 16.3 Å². The molecule has 8 heteroatoms. The zero-order valence-corrected chi connectivity index (χ0v) is 20.7. The monoisotopic (exact) mass is 493 g/mol. The molecule has 0 unspecified atom stereocenters. The Bertz CT molecular complexity index is 1390. The van der Waals surface area contributed by atoms with Gasteiger partial charge in [0.05, 0.1) is 39.7 Å². The van der Waals surface area contributed by atoms with Crippen molar-refractivity contribution in [3.63, 3.8) is 0 Å². The zero-order chi connectivity index (χ0) is 24.2. The van der Waals surface area contributed by atoms with Gasteiger partial charge < -0.3 is 10.1 Å². The van der Waals surface area contributed by atoms with Crippen LogP contribution >= 0.6 is 23.4 Å². The number of fused-ring (bicyclic) bond motifs is 1. The van der Waals surface area contributed by atoms with E-state index in [1.54, 1.807) is 12.1 Å². The molecule has 0 aliphatic heterocycles. The number of ether oxygens (including phenoxy) is 1. The van der Waals surface area contributed by atoms with Crippen LogP contribution in [0.2, 0.25) is 5.02 Å². The van der Waals surface area contributed by atoms with Gasteiger partial charge in [-0.15, -0.1) is 0 Å². The van der Waals surface area contributed by atoms with Crippen LogP contribution in [0.3, 0.4) is 0 Å². The Kier molecular flexibility index (Phi) is 7.24. The van der Waals surface area contributed by atoms with Gasteiger partial charge in [-0.2, -0.15) is 0 Å². The summed E-state index contributed by atoms with van der Waals surface area (Å²) in [5.41, 5.74) is 3.53. The molecule has 0 saturated carbocycles. The summed E-state index contributed by atoms with van der Waals surface area (Å²) in [6, 6.07) is 18.2. The number of amides is 1. The number of hydrogen-bond donors (Lipinski definition) is 1. The summed E-state index contributed by atoms with van der Waals surface area (Å²) < 4.78 is 7.05. The molecular formula is C26H24ClN3O3S. The molecule has 4 rings (SSSR count). The van der Waals surface area contributed by atoms with E-state index in [0.717, 1.165) is 11.1 Å². The smallest absolute Gasteiger partial charge is 0.266 e. The molecule has 1 aromatic heterocycles. The summed E-state index contributed by atoms with van der Waals surface area (Å²) in [6.45, 7) is 6.32. The molecule has 1 amide bonds. The van der Waals surface area contributed by atoms with Crippen LogP contribution in [-0.2, 0) is 4.79 Å². The van der Waals surface area contributed by atoms with Crippen molar-refractivity contribution < 1.29 is 9.53 Å². The minimum Gasteiger partial charge on any atom is -0.494 e. The number of thioether (sulfide) groups is 1. The largest absolute Gasteiger partial charge is 0.494 e. The summed E-state index contributed by atoms with van der Waals surface area (Å²) >= 11 is 7.53. The van der Waals surface area contributed by atoms with Crippen molar-refractivity contribution in [2.45, 2.75) is 25.9 Å². The molecule has 6 nitrogen and oxygen atoms in total. The maximum Gasteiger partial charge on any atom is 0.266 e. The lowest BCUT2D eigenvalue weighted by Gasteiger charge is -2.14. The summed E-state index contributed by atoms with van der Waals surface area (Å²) in [5, 5.41) is 4.31. The molecule has 0 saturated heterocycles. The average Bonchev–Trinajstić information content (AvgIpc) is 2.81. The van der Waals surface area contributed by atoms with E-state index in [9.17, 15) is 9.59 Å². The molecule has 34 heavy (non-hydrogen) atoms. The van der Waals surface area contributed by atoms with E-state index in [2.05, 4.69) is 10.3 Å². The molecule has 0 spiro atoms. The van der Waals surface area contributed by atoms with Crippen molar-refractivity contribution in [2.75, 3.05) is 17.7 Å². The number of halogens is 1. The summed E-state index contributed by atoms with van der Waals surface area (Å²) in [7, 11) is 0. The molecule has 0 aliphatic rings. The predicted molar refractivity (Wildman–Crippen MR) is 139 cm³/mol. The third kappa shape index (κ3) is 5.11. The number of nitrogens with one attached hydrogen (secondary N) is 1. The fraction of sp³-hybridized carbons (Fsp3) is 0.192. The SMILES string of the molecule is CCOc1ccc(-n2c(SCC(=O)Nc3c(C)cc(C)cc3Cl)nc3ccccc3c2=O)cc1. The van der Waals surface area contributed by atoms with E-state index in [-0.39, 0.29) is 17.2 Å². The predicted octanol–water partition coefficient (Wildman–Crippen LogP) is 5.79. The number of aromatic nitrogens is 2. The maximum atomic E-state index is 13.4. The number of hydrogen-bond acceptors (Lipinski definition) is 5. The summed E-state index contributed by atoms with van der Waals surface area (Å²) in [4.78, 5) is 30.8. The first-order chi connectivity index (χ1) is 16.4. The lowest BCUT2D eigenvalue weighted by Crippen LogP contribution is -2.23. The van der Waals surface area contributed by atoms with Gasteiger partial charge in [0.2, 0.25) is 5.91 Å². The van der Waals surface area contributed by atoms with Gasteiger partial charge in [0.1, 0.15) is 5.75 Å². The van der Waals surface area contributed by atoms with Gasteiger partial charge in [-0.05, 0) is 74.4 Å². The molecule has 174 valence electrons. The van der Waals surface area contributed by atoms with Crippen molar-refractivity contribution in [2.24, 2.45) is 0 Å². The van der Waals surface area contributed by atoms with Gasteiger partial charge in [0.25, 0.3) is 5.56 Å². The van der Waals surface area contributed by atoms with Gasteiger partial charge >= 0.3 is 0 Å². The quantitative estimate of drug-likeness (QED) is 0.261. The first kappa shape index (κ1) is 23.9. The highest BCUT2D eigenvalue weighted by molar-refractivity contribution is 7.99. The second-order valence-corrected chi connectivity index (χ2v) is 9.10. The molecule has 0 atom stereocenters. The lowest BCUT2D eigenvalue weighted by molar-refractivity contribution is -0.113. The number of nitrogens with zero attached hydrogens (tertiary/aromatic N) is 2. The highest BCUT2D eigenvalue weighted by Gasteiger charge is 2.16. The van der Waals surface area contributed by atoms with Crippen LogP contribution in [0.25, 0.3) is 16.6 Å². The Labute approximate surface area is 206 Å². The number of aryl methyl sites for hydroxylation is 2. The van der Waals surface area contributed by atoms with Gasteiger partial charge in [-0.1, -0.05) is 41.6 Å². The van der Waals surface area contributed by atoms with Gasteiger partial charge in [0.15, 0.2) is 5.16 Å². The fourth-order valence-corrected chi connectivity index (χ4v) is 4.86. The van der Waals surface area contributed by atoms with Crippen LogP contribution in [0, 0.1) is 13.8 Å². The van der Waals surface area contributed by atoms with Gasteiger partial charge in [-0.25, -0.2) is 4.98 Å². The lowest BCUT2D eigenvalue weighted by atomic mass is 10.1. The highest BCUT2D eigenvalue weighted by atomic mass is 35.5.